The topological polar surface area (TPSA) is 58.9 Å². The normalized spacial score (nSPS) is 10.7. The minimum absolute atomic E-state index is 0.454. The lowest BCUT2D eigenvalue weighted by molar-refractivity contribution is 0.388. The molecule has 3 rings (SSSR count). The Morgan fingerprint density at radius 1 is 1.10 bits per heavy atom. The molecule has 0 aliphatic carbocycles. The SMILES string of the molecule is O=c1[nH]c(-c2cc(CCBr)ccc2-c2ccccc2)no1. The maximum absolute atomic E-state index is 11.2. The van der Waals surface area contributed by atoms with Crippen molar-refractivity contribution in [3.63, 3.8) is 0 Å². The monoisotopic (exact) mass is 344 g/mol. The molecular weight excluding hydrogens is 332 g/mol. The number of hydrogen-bond donors (Lipinski definition) is 1. The molecule has 0 fully saturated rings. The van der Waals surface area contributed by atoms with Crippen LogP contribution in [0.15, 0.2) is 57.8 Å². The molecule has 0 aliphatic heterocycles. The van der Waals surface area contributed by atoms with Gasteiger partial charge >= 0.3 is 5.76 Å². The molecule has 0 radical (unpaired) electrons. The van der Waals surface area contributed by atoms with Gasteiger partial charge in [-0.15, -0.1) is 0 Å². The number of hydrogen-bond acceptors (Lipinski definition) is 3. The number of nitrogens with one attached hydrogen (secondary N) is 1. The zero-order chi connectivity index (χ0) is 14.7. The predicted octanol–water partition coefficient (Wildman–Crippen LogP) is 3.63. The van der Waals surface area contributed by atoms with Gasteiger partial charge in [-0.05, 0) is 29.2 Å². The van der Waals surface area contributed by atoms with Gasteiger partial charge < -0.3 is 0 Å². The number of rotatable bonds is 4. The summed E-state index contributed by atoms with van der Waals surface area (Å²) in [5.74, 6) is -0.0924. The van der Waals surface area contributed by atoms with Crippen LogP contribution in [0.25, 0.3) is 22.5 Å². The van der Waals surface area contributed by atoms with Crippen molar-refractivity contribution in [3.8, 4) is 22.5 Å². The summed E-state index contributed by atoms with van der Waals surface area (Å²) in [6, 6.07) is 16.2. The van der Waals surface area contributed by atoms with Crippen LogP contribution >= 0.6 is 15.9 Å². The fraction of sp³-hybridized carbons (Fsp3) is 0.125. The number of aryl methyl sites for hydroxylation is 1. The van der Waals surface area contributed by atoms with E-state index in [4.69, 9.17) is 0 Å². The number of aromatic nitrogens is 2. The third-order valence-corrected chi connectivity index (χ3v) is 3.64. The van der Waals surface area contributed by atoms with E-state index in [-0.39, 0.29) is 0 Å². The lowest BCUT2D eigenvalue weighted by Gasteiger charge is -2.09. The highest BCUT2D eigenvalue weighted by atomic mass is 79.9. The molecule has 4 nitrogen and oxygen atoms in total. The van der Waals surface area contributed by atoms with Gasteiger partial charge in [-0.3, -0.25) is 9.51 Å². The molecule has 2 aromatic carbocycles. The van der Waals surface area contributed by atoms with E-state index >= 15 is 0 Å². The molecule has 0 amide bonds. The average molecular weight is 345 g/mol. The number of H-pyrrole nitrogens is 1. The maximum atomic E-state index is 11.2. The molecule has 0 unspecified atom stereocenters. The van der Waals surface area contributed by atoms with Gasteiger partial charge in [0.15, 0.2) is 5.82 Å². The molecule has 5 heteroatoms. The van der Waals surface area contributed by atoms with Gasteiger partial charge in [0.25, 0.3) is 0 Å². The summed E-state index contributed by atoms with van der Waals surface area (Å²) in [6.45, 7) is 0. The Hall–Kier alpha value is -2.14. The first-order chi connectivity index (χ1) is 10.3. The van der Waals surface area contributed by atoms with Crippen molar-refractivity contribution in [2.45, 2.75) is 6.42 Å². The Kier molecular flexibility index (Phi) is 4.01. The van der Waals surface area contributed by atoms with Gasteiger partial charge in [0.1, 0.15) is 0 Å². The van der Waals surface area contributed by atoms with Crippen LogP contribution in [0.2, 0.25) is 0 Å². The highest BCUT2D eigenvalue weighted by Gasteiger charge is 2.12. The third-order valence-electron chi connectivity index (χ3n) is 3.25. The lowest BCUT2D eigenvalue weighted by Crippen LogP contribution is -1.96. The highest BCUT2D eigenvalue weighted by molar-refractivity contribution is 9.09. The molecule has 0 aliphatic rings. The molecule has 0 spiro atoms. The number of benzene rings is 2. The summed E-state index contributed by atoms with van der Waals surface area (Å²) in [6.07, 6.45) is 0.907. The number of alkyl halides is 1. The minimum Gasteiger partial charge on any atom is -0.296 e. The third kappa shape index (κ3) is 2.97. The molecule has 0 atom stereocenters. The predicted molar refractivity (Wildman–Crippen MR) is 85.5 cm³/mol. The zero-order valence-corrected chi connectivity index (χ0v) is 12.8. The smallest absolute Gasteiger partial charge is 0.296 e. The Balaban J connectivity index is 2.17. The van der Waals surface area contributed by atoms with Crippen molar-refractivity contribution in [2.24, 2.45) is 0 Å². The second-order valence-corrected chi connectivity index (χ2v) is 5.42. The molecule has 1 aromatic heterocycles. The lowest BCUT2D eigenvalue weighted by atomic mass is 9.96. The molecular formula is C16H13BrN2O2. The summed E-state index contributed by atoms with van der Waals surface area (Å²) in [5, 5.41) is 4.70. The Morgan fingerprint density at radius 2 is 1.90 bits per heavy atom. The van der Waals surface area contributed by atoms with Crippen LogP contribution in [0.4, 0.5) is 0 Å². The van der Waals surface area contributed by atoms with Crippen LogP contribution in [0.3, 0.4) is 0 Å². The van der Waals surface area contributed by atoms with Crippen molar-refractivity contribution < 1.29 is 4.52 Å². The van der Waals surface area contributed by atoms with E-state index in [0.717, 1.165) is 28.4 Å². The summed E-state index contributed by atoms with van der Waals surface area (Å²) < 4.78 is 4.64. The number of aromatic amines is 1. The molecule has 1 heterocycles. The highest BCUT2D eigenvalue weighted by Crippen LogP contribution is 2.30. The summed E-state index contributed by atoms with van der Waals surface area (Å²) in [7, 11) is 0. The molecule has 3 aromatic rings. The summed E-state index contributed by atoms with van der Waals surface area (Å²) >= 11 is 3.44. The first-order valence-electron chi connectivity index (χ1n) is 6.58. The first-order valence-corrected chi connectivity index (χ1v) is 7.71. The molecule has 0 saturated carbocycles. The standard InChI is InChI=1S/C16H13BrN2O2/c17-9-8-11-6-7-13(12-4-2-1-3-5-12)14(10-11)15-18-16(20)21-19-15/h1-7,10H,8-9H2,(H,18,19,20). The van der Waals surface area contributed by atoms with Crippen LogP contribution in [0.1, 0.15) is 5.56 Å². The Bertz CT molecular complexity index is 793. The first kappa shape index (κ1) is 13.8. The fourth-order valence-electron chi connectivity index (χ4n) is 2.27. The molecule has 106 valence electrons. The van der Waals surface area contributed by atoms with Crippen molar-refractivity contribution in [1.82, 2.24) is 10.1 Å². The average Bonchev–Trinajstić information content (AvgIpc) is 2.95. The van der Waals surface area contributed by atoms with E-state index in [1.54, 1.807) is 0 Å². The molecule has 0 bridgehead atoms. The van der Waals surface area contributed by atoms with Gasteiger partial charge in [-0.1, -0.05) is 63.6 Å². The van der Waals surface area contributed by atoms with E-state index in [2.05, 4.69) is 42.7 Å². The van der Waals surface area contributed by atoms with Crippen molar-refractivity contribution >= 4 is 15.9 Å². The van der Waals surface area contributed by atoms with Crippen LogP contribution in [0, 0.1) is 0 Å². The van der Waals surface area contributed by atoms with Gasteiger partial charge in [0.2, 0.25) is 0 Å². The van der Waals surface area contributed by atoms with E-state index in [1.165, 1.54) is 5.56 Å². The van der Waals surface area contributed by atoms with Crippen LogP contribution in [-0.4, -0.2) is 15.5 Å². The van der Waals surface area contributed by atoms with Crippen LogP contribution < -0.4 is 5.76 Å². The van der Waals surface area contributed by atoms with Gasteiger partial charge in [0, 0.05) is 10.9 Å². The second-order valence-electron chi connectivity index (χ2n) is 4.63. The number of halogens is 1. The molecule has 0 saturated heterocycles. The Morgan fingerprint density at radius 3 is 2.57 bits per heavy atom. The van der Waals surface area contributed by atoms with E-state index < -0.39 is 5.76 Å². The quantitative estimate of drug-likeness (QED) is 0.735. The van der Waals surface area contributed by atoms with Crippen LogP contribution in [-0.2, 0) is 6.42 Å². The summed E-state index contributed by atoms with van der Waals surface area (Å²) in [5.41, 5.74) is 4.12. The molecule has 21 heavy (non-hydrogen) atoms. The fourth-order valence-corrected chi connectivity index (χ4v) is 2.73. The van der Waals surface area contributed by atoms with Gasteiger partial charge in [0.05, 0.1) is 0 Å². The Labute approximate surface area is 129 Å². The van der Waals surface area contributed by atoms with Crippen molar-refractivity contribution in [1.29, 1.82) is 0 Å². The van der Waals surface area contributed by atoms with E-state index in [0.29, 0.717) is 5.82 Å². The minimum atomic E-state index is -0.546. The summed E-state index contributed by atoms with van der Waals surface area (Å²) in [4.78, 5) is 13.9. The van der Waals surface area contributed by atoms with Gasteiger partial charge in [-0.2, -0.15) is 0 Å². The maximum Gasteiger partial charge on any atom is 0.439 e. The molecule has 1 N–H and O–H groups in total. The largest absolute Gasteiger partial charge is 0.439 e. The number of nitrogens with zero attached hydrogens (tertiary/aromatic N) is 1. The van der Waals surface area contributed by atoms with Crippen molar-refractivity contribution in [3.05, 3.63) is 64.6 Å². The van der Waals surface area contributed by atoms with Crippen LogP contribution in [0.5, 0.6) is 0 Å². The second kappa shape index (κ2) is 6.10. The van der Waals surface area contributed by atoms with Crippen molar-refractivity contribution in [2.75, 3.05) is 5.33 Å². The van der Waals surface area contributed by atoms with Gasteiger partial charge in [-0.25, -0.2) is 4.79 Å². The van der Waals surface area contributed by atoms with E-state index in [1.807, 2.05) is 36.4 Å². The van der Waals surface area contributed by atoms with E-state index in [9.17, 15) is 4.79 Å². The zero-order valence-electron chi connectivity index (χ0n) is 11.2.